The molecular formula is C13H18N4O3. The van der Waals surface area contributed by atoms with Crippen LogP contribution in [0.2, 0.25) is 0 Å². The number of furan rings is 1. The topological polar surface area (TPSA) is 94.0 Å². The Kier molecular flexibility index (Phi) is 4.16. The Hall–Kier alpha value is -2.18. The molecule has 0 radical (unpaired) electrons. The van der Waals surface area contributed by atoms with Gasteiger partial charge in [-0.1, -0.05) is 13.3 Å². The molecule has 108 valence electrons. The van der Waals surface area contributed by atoms with Gasteiger partial charge < -0.3 is 9.52 Å². The fraction of sp³-hybridized carbons (Fsp3) is 0.538. The Morgan fingerprint density at radius 1 is 1.50 bits per heavy atom. The molecule has 1 atom stereocenters. The van der Waals surface area contributed by atoms with E-state index >= 15 is 0 Å². The number of hydrogen-bond acceptors (Lipinski definition) is 5. The lowest BCUT2D eigenvalue weighted by atomic mass is 10.1. The van der Waals surface area contributed by atoms with E-state index in [1.165, 1.54) is 0 Å². The summed E-state index contributed by atoms with van der Waals surface area (Å²) in [4.78, 5) is 11.0. The van der Waals surface area contributed by atoms with Crippen LogP contribution in [0.4, 0.5) is 0 Å². The summed E-state index contributed by atoms with van der Waals surface area (Å²) >= 11 is 0. The van der Waals surface area contributed by atoms with E-state index in [0.29, 0.717) is 12.2 Å². The number of carboxylic acids is 1. The van der Waals surface area contributed by atoms with Gasteiger partial charge in [0.15, 0.2) is 5.82 Å². The highest BCUT2D eigenvalue weighted by Gasteiger charge is 2.22. The van der Waals surface area contributed by atoms with Crippen molar-refractivity contribution in [1.29, 1.82) is 0 Å². The second-order valence-corrected chi connectivity index (χ2v) is 4.81. The Morgan fingerprint density at radius 2 is 2.25 bits per heavy atom. The molecule has 0 aliphatic rings. The van der Waals surface area contributed by atoms with E-state index in [4.69, 9.17) is 9.52 Å². The lowest BCUT2D eigenvalue weighted by molar-refractivity contribution is -0.138. The zero-order valence-corrected chi connectivity index (χ0v) is 11.8. The van der Waals surface area contributed by atoms with Crippen LogP contribution in [0, 0.1) is 13.8 Å². The van der Waals surface area contributed by atoms with Crippen molar-refractivity contribution in [2.45, 2.75) is 46.1 Å². The molecule has 0 aliphatic carbocycles. The monoisotopic (exact) mass is 278 g/mol. The van der Waals surface area contributed by atoms with Gasteiger partial charge in [0, 0.05) is 0 Å². The largest absolute Gasteiger partial charge is 0.481 e. The van der Waals surface area contributed by atoms with Gasteiger partial charge in [0.1, 0.15) is 11.5 Å². The summed E-state index contributed by atoms with van der Waals surface area (Å²) in [6, 6.07) is 1.61. The predicted octanol–water partition coefficient (Wildman–Crippen LogP) is 2.37. The van der Waals surface area contributed by atoms with Gasteiger partial charge in [-0.3, -0.25) is 4.79 Å². The molecule has 0 saturated carbocycles. The summed E-state index contributed by atoms with van der Waals surface area (Å²) < 4.78 is 7.08. The van der Waals surface area contributed by atoms with E-state index in [1.54, 1.807) is 4.68 Å². The van der Waals surface area contributed by atoms with Crippen LogP contribution in [0.1, 0.15) is 43.7 Å². The Labute approximate surface area is 116 Å². The summed E-state index contributed by atoms with van der Waals surface area (Å²) in [5, 5.41) is 20.7. The molecule has 0 spiro atoms. The molecule has 0 aliphatic heterocycles. The number of rotatable bonds is 6. The number of carbonyl (C=O) groups is 1. The van der Waals surface area contributed by atoms with E-state index in [-0.39, 0.29) is 12.5 Å². The van der Waals surface area contributed by atoms with Crippen molar-refractivity contribution in [3.63, 3.8) is 0 Å². The first-order valence-corrected chi connectivity index (χ1v) is 6.60. The molecule has 0 bridgehead atoms. The van der Waals surface area contributed by atoms with Crippen LogP contribution in [0.5, 0.6) is 0 Å². The number of hydrogen-bond donors (Lipinski definition) is 1. The van der Waals surface area contributed by atoms with Crippen molar-refractivity contribution in [1.82, 2.24) is 20.2 Å². The van der Waals surface area contributed by atoms with E-state index < -0.39 is 5.97 Å². The molecule has 2 aromatic rings. The number of tetrazole rings is 1. The number of aliphatic carboxylic acids is 1. The highest BCUT2D eigenvalue weighted by molar-refractivity contribution is 5.67. The third kappa shape index (κ3) is 2.87. The van der Waals surface area contributed by atoms with Crippen molar-refractivity contribution in [3.05, 3.63) is 17.6 Å². The van der Waals surface area contributed by atoms with E-state index in [0.717, 1.165) is 23.5 Å². The zero-order chi connectivity index (χ0) is 14.7. The predicted molar refractivity (Wildman–Crippen MR) is 71.2 cm³/mol. The standard InChI is InChI=1S/C13H18N4O3/c1-4-5-10(7-12(18)19)17-13(14-15-16-17)11-6-8(2)20-9(11)3/h6,10H,4-5,7H2,1-3H3,(H,18,19). The Bertz CT molecular complexity index is 603. The molecule has 7 nitrogen and oxygen atoms in total. The van der Waals surface area contributed by atoms with Gasteiger partial charge in [0.25, 0.3) is 0 Å². The van der Waals surface area contributed by atoms with Crippen LogP contribution in [-0.4, -0.2) is 31.3 Å². The molecule has 7 heteroatoms. The van der Waals surface area contributed by atoms with Crippen molar-refractivity contribution in [2.24, 2.45) is 0 Å². The molecule has 2 aromatic heterocycles. The zero-order valence-electron chi connectivity index (χ0n) is 11.8. The van der Waals surface area contributed by atoms with Crippen molar-refractivity contribution < 1.29 is 14.3 Å². The average Bonchev–Trinajstić information content (AvgIpc) is 2.94. The summed E-state index contributed by atoms with van der Waals surface area (Å²) in [6.45, 7) is 5.70. The van der Waals surface area contributed by atoms with Crippen molar-refractivity contribution in [3.8, 4) is 11.4 Å². The van der Waals surface area contributed by atoms with E-state index in [2.05, 4.69) is 15.5 Å². The second kappa shape index (κ2) is 5.85. The molecule has 1 N–H and O–H groups in total. The molecule has 2 heterocycles. The van der Waals surface area contributed by atoms with Crippen LogP contribution >= 0.6 is 0 Å². The fourth-order valence-corrected chi connectivity index (χ4v) is 2.32. The Morgan fingerprint density at radius 3 is 2.80 bits per heavy atom. The van der Waals surface area contributed by atoms with Crippen molar-refractivity contribution in [2.75, 3.05) is 0 Å². The fourth-order valence-electron chi connectivity index (χ4n) is 2.32. The van der Waals surface area contributed by atoms with Crippen LogP contribution < -0.4 is 0 Å². The normalized spacial score (nSPS) is 12.6. The van der Waals surface area contributed by atoms with Gasteiger partial charge >= 0.3 is 5.97 Å². The molecule has 2 rings (SSSR count). The lowest BCUT2D eigenvalue weighted by Crippen LogP contribution is -2.16. The Balaban J connectivity index is 2.40. The van der Waals surface area contributed by atoms with Gasteiger partial charge in [-0.25, -0.2) is 4.68 Å². The minimum absolute atomic E-state index is 0.00175. The average molecular weight is 278 g/mol. The lowest BCUT2D eigenvalue weighted by Gasteiger charge is -2.15. The summed E-state index contributed by atoms with van der Waals surface area (Å²) in [6.07, 6.45) is 1.57. The smallest absolute Gasteiger partial charge is 0.305 e. The number of aryl methyl sites for hydroxylation is 2. The maximum absolute atomic E-state index is 11.0. The molecule has 0 fully saturated rings. The first kappa shape index (κ1) is 14.2. The minimum Gasteiger partial charge on any atom is -0.481 e. The molecule has 0 saturated heterocycles. The van der Waals surface area contributed by atoms with Gasteiger partial charge in [-0.2, -0.15) is 0 Å². The van der Waals surface area contributed by atoms with Gasteiger partial charge in [0.2, 0.25) is 0 Å². The highest BCUT2D eigenvalue weighted by Crippen LogP contribution is 2.28. The van der Waals surface area contributed by atoms with Crippen LogP contribution in [-0.2, 0) is 4.79 Å². The third-order valence-electron chi connectivity index (χ3n) is 3.15. The number of aromatic nitrogens is 4. The van der Waals surface area contributed by atoms with Crippen LogP contribution in [0.25, 0.3) is 11.4 Å². The first-order valence-electron chi connectivity index (χ1n) is 6.60. The van der Waals surface area contributed by atoms with Gasteiger partial charge in [-0.05, 0) is 36.8 Å². The minimum atomic E-state index is -0.856. The SMILES string of the molecule is CCCC(CC(=O)O)n1nnnc1-c1cc(C)oc1C. The highest BCUT2D eigenvalue weighted by atomic mass is 16.4. The molecule has 0 aromatic carbocycles. The van der Waals surface area contributed by atoms with Crippen LogP contribution in [0.3, 0.4) is 0 Å². The van der Waals surface area contributed by atoms with E-state index in [9.17, 15) is 4.79 Å². The maximum atomic E-state index is 11.0. The summed E-state index contributed by atoms with van der Waals surface area (Å²) in [5.41, 5.74) is 0.805. The van der Waals surface area contributed by atoms with Gasteiger partial charge in [-0.15, -0.1) is 5.10 Å². The van der Waals surface area contributed by atoms with E-state index in [1.807, 2.05) is 26.8 Å². The molecule has 1 unspecified atom stereocenters. The summed E-state index contributed by atoms with van der Waals surface area (Å²) in [5.74, 6) is 1.20. The molecular weight excluding hydrogens is 260 g/mol. The molecule has 0 amide bonds. The number of carboxylic acid groups (broad SMARTS) is 1. The first-order chi connectivity index (χ1) is 9.52. The number of nitrogens with zero attached hydrogens (tertiary/aromatic N) is 4. The molecule has 20 heavy (non-hydrogen) atoms. The third-order valence-corrected chi connectivity index (χ3v) is 3.15. The summed E-state index contributed by atoms with van der Waals surface area (Å²) in [7, 11) is 0. The van der Waals surface area contributed by atoms with Gasteiger partial charge in [0.05, 0.1) is 18.0 Å². The van der Waals surface area contributed by atoms with Crippen LogP contribution in [0.15, 0.2) is 10.5 Å². The maximum Gasteiger partial charge on any atom is 0.305 e. The van der Waals surface area contributed by atoms with Crippen molar-refractivity contribution >= 4 is 5.97 Å². The quantitative estimate of drug-likeness (QED) is 0.871. The second-order valence-electron chi connectivity index (χ2n) is 4.81.